The summed E-state index contributed by atoms with van der Waals surface area (Å²) in [7, 11) is 0. The second kappa shape index (κ2) is 8.10. The highest BCUT2D eigenvalue weighted by atomic mass is 16.2. The summed E-state index contributed by atoms with van der Waals surface area (Å²) in [4.78, 5) is 35.2. The van der Waals surface area contributed by atoms with E-state index in [0.29, 0.717) is 17.7 Å². The van der Waals surface area contributed by atoms with Gasteiger partial charge in [0, 0.05) is 24.6 Å². The van der Waals surface area contributed by atoms with Gasteiger partial charge >= 0.3 is 0 Å². The predicted molar refractivity (Wildman–Crippen MR) is 96.1 cm³/mol. The summed E-state index contributed by atoms with van der Waals surface area (Å²) in [6, 6.07) is 13.3. The lowest BCUT2D eigenvalue weighted by molar-refractivity contribution is -0.119. The van der Waals surface area contributed by atoms with Crippen LogP contribution in [0.5, 0.6) is 0 Å². The summed E-state index contributed by atoms with van der Waals surface area (Å²) in [5.74, 6) is -1.26. The Morgan fingerprint density at radius 1 is 1.08 bits per heavy atom. The molecule has 2 aromatic rings. The first-order valence-electron chi connectivity index (χ1n) is 7.88. The number of primary amides is 1. The van der Waals surface area contributed by atoms with Gasteiger partial charge < -0.3 is 16.4 Å². The third-order valence-electron chi connectivity index (χ3n) is 3.65. The summed E-state index contributed by atoms with van der Waals surface area (Å²) >= 11 is 0. The number of hydrogen-bond donors (Lipinski definition) is 3. The molecule has 1 atom stereocenters. The number of hydrogen-bond acceptors (Lipinski definition) is 3. The Hall–Kier alpha value is -3.15. The fourth-order valence-electron chi connectivity index (χ4n) is 2.37. The number of carbonyl (C=O) groups is 3. The van der Waals surface area contributed by atoms with Gasteiger partial charge in [0.25, 0.3) is 5.91 Å². The predicted octanol–water partition coefficient (Wildman–Crippen LogP) is 1.78. The molecule has 0 fully saturated rings. The van der Waals surface area contributed by atoms with Crippen molar-refractivity contribution in [3.05, 3.63) is 65.2 Å². The first-order valence-corrected chi connectivity index (χ1v) is 7.88. The molecule has 6 nitrogen and oxygen atoms in total. The number of benzene rings is 2. The zero-order valence-electron chi connectivity index (χ0n) is 14.2. The lowest BCUT2D eigenvalue weighted by Gasteiger charge is -2.16. The second-order valence-corrected chi connectivity index (χ2v) is 5.88. The van der Waals surface area contributed by atoms with E-state index >= 15 is 0 Å². The molecule has 0 radical (unpaired) electrons. The maximum atomic E-state index is 12.4. The van der Waals surface area contributed by atoms with Crippen LogP contribution in [0.25, 0.3) is 0 Å². The average Bonchev–Trinajstić information content (AvgIpc) is 2.55. The van der Waals surface area contributed by atoms with Crippen LogP contribution in [0.4, 0.5) is 5.69 Å². The van der Waals surface area contributed by atoms with Crippen molar-refractivity contribution in [1.82, 2.24) is 5.32 Å². The van der Waals surface area contributed by atoms with Crippen LogP contribution >= 0.6 is 0 Å². The van der Waals surface area contributed by atoms with Crippen LogP contribution in [0.15, 0.2) is 48.5 Å². The molecule has 0 saturated carbocycles. The molecule has 6 heteroatoms. The topological polar surface area (TPSA) is 101 Å². The molecule has 0 heterocycles. The summed E-state index contributed by atoms with van der Waals surface area (Å²) in [6.07, 6.45) is 0.312. The smallest absolute Gasteiger partial charge is 0.252 e. The highest BCUT2D eigenvalue weighted by Crippen LogP contribution is 2.12. The van der Waals surface area contributed by atoms with Crippen molar-refractivity contribution >= 4 is 23.4 Å². The van der Waals surface area contributed by atoms with E-state index in [0.717, 1.165) is 11.1 Å². The Bertz CT molecular complexity index is 785. The third kappa shape index (κ3) is 5.46. The van der Waals surface area contributed by atoms with Gasteiger partial charge in [0.15, 0.2) is 0 Å². The van der Waals surface area contributed by atoms with Crippen LogP contribution in [0.3, 0.4) is 0 Å². The molecule has 3 amide bonds. The number of anilines is 1. The lowest BCUT2D eigenvalue weighted by Crippen LogP contribution is -2.45. The zero-order chi connectivity index (χ0) is 18.4. The van der Waals surface area contributed by atoms with E-state index in [1.165, 1.54) is 6.92 Å². The fourth-order valence-corrected chi connectivity index (χ4v) is 2.37. The molecule has 0 bridgehead atoms. The van der Waals surface area contributed by atoms with E-state index in [9.17, 15) is 14.4 Å². The van der Waals surface area contributed by atoms with E-state index in [1.807, 2.05) is 31.2 Å². The monoisotopic (exact) mass is 339 g/mol. The Balaban J connectivity index is 2.11. The minimum absolute atomic E-state index is 0.230. The number of rotatable bonds is 6. The molecular formula is C19H21N3O3. The van der Waals surface area contributed by atoms with E-state index in [4.69, 9.17) is 5.73 Å². The third-order valence-corrected chi connectivity index (χ3v) is 3.65. The standard InChI is InChI=1S/C19H21N3O3/c1-12-6-8-14(9-7-12)10-17(18(20)24)22-19(25)15-4-3-5-16(11-15)21-13(2)23/h3-9,11,17H,10H2,1-2H3,(H2,20,24)(H,21,23)(H,22,25)/t17-/m0/s1. The highest BCUT2D eigenvalue weighted by molar-refractivity contribution is 5.99. The minimum atomic E-state index is -0.820. The first-order chi connectivity index (χ1) is 11.8. The van der Waals surface area contributed by atoms with Gasteiger partial charge in [-0.05, 0) is 30.7 Å². The van der Waals surface area contributed by atoms with Crippen LogP contribution in [0.2, 0.25) is 0 Å². The Morgan fingerprint density at radius 3 is 2.36 bits per heavy atom. The molecular weight excluding hydrogens is 318 g/mol. The number of amides is 3. The first kappa shape index (κ1) is 18.2. The van der Waals surface area contributed by atoms with Crippen molar-refractivity contribution in [1.29, 1.82) is 0 Å². The molecule has 130 valence electrons. The lowest BCUT2D eigenvalue weighted by atomic mass is 10.0. The van der Waals surface area contributed by atoms with Gasteiger partial charge in [-0.15, -0.1) is 0 Å². The molecule has 0 aliphatic rings. The molecule has 0 aromatic heterocycles. The van der Waals surface area contributed by atoms with E-state index in [2.05, 4.69) is 10.6 Å². The number of nitrogens with two attached hydrogens (primary N) is 1. The minimum Gasteiger partial charge on any atom is -0.368 e. The molecule has 2 aromatic carbocycles. The van der Waals surface area contributed by atoms with Crippen molar-refractivity contribution in [2.45, 2.75) is 26.3 Å². The summed E-state index contributed by atoms with van der Waals surface area (Å²) < 4.78 is 0. The van der Waals surface area contributed by atoms with Crippen molar-refractivity contribution in [3.63, 3.8) is 0 Å². The molecule has 0 aliphatic carbocycles. The normalized spacial score (nSPS) is 11.4. The fraction of sp³-hybridized carbons (Fsp3) is 0.211. The van der Waals surface area contributed by atoms with Crippen molar-refractivity contribution in [2.24, 2.45) is 5.73 Å². The molecule has 25 heavy (non-hydrogen) atoms. The maximum absolute atomic E-state index is 12.4. The summed E-state index contributed by atoms with van der Waals surface area (Å²) in [5, 5.41) is 5.26. The van der Waals surface area contributed by atoms with Crippen molar-refractivity contribution in [2.75, 3.05) is 5.32 Å². The van der Waals surface area contributed by atoms with Crippen LogP contribution in [0.1, 0.15) is 28.4 Å². The molecule has 2 rings (SSSR count). The molecule has 0 aliphatic heterocycles. The Labute approximate surface area is 146 Å². The molecule has 0 unspecified atom stereocenters. The molecule has 0 spiro atoms. The van der Waals surface area contributed by atoms with Crippen molar-refractivity contribution in [3.8, 4) is 0 Å². The number of aryl methyl sites for hydroxylation is 1. The van der Waals surface area contributed by atoms with E-state index in [-0.39, 0.29) is 5.91 Å². The van der Waals surface area contributed by atoms with Gasteiger partial charge in [-0.2, -0.15) is 0 Å². The molecule has 0 saturated heterocycles. The van der Waals surface area contributed by atoms with Crippen LogP contribution < -0.4 is 16.4 Å². The van der Waals surface area contributed by atoms with E-state index < -0.39 is 17.9 Å². The number of nitrogens with one attached hydrogen (secondary N) is 2. The van der Waals surface area contributed by atoms with Crippen molar-refractivity contribution < 1.29 is 14.4 Å². The van der Waals surface area contributed by atoms with Gasteiger partial charge in [-0.1, -0.05) is 35.9 Å². The second-order valence-electron chi connectivity index (χ2n) is 5.88. The van der Waals surface area contributed by atoms with Crippen LogP contribution in [-0.2, 0) is 16.0 Å². The average molecular weight is 339 g/mol. The SMILES string of the molecule is CC(=O)Nc1cccc(C(=O)N[C@@H](Cc2ccc(C)cc2)C(N)=O)c1. The van der Waals surface area contributed by atoms with E-state index in [1.54, 1.807) is 24.3 Å². The van der Waals surface area contributed by atoms with Gasteiger partial charge in [0.2, 0.25) is 11.8 Å². The van der Waals surface area contributed by atoms with Gasteiger partial charge in [0.1, 0.15) is 6.04 Å². The Morgan fingerprint density at radius 2 is 1.76 bits per heavy atom. The summed E-state index contributed by atoms with van der Waals surface area (Å²) in [5.41, 5.74) is 8.28. The summed E-state index contributed by atoms with van der Waals surface area (Å²) in [6.45, 7) is 3.36. The maximum Gasteiger partial charge on any atom is 0.252 e. The molecule has 4 N–H and O–H groups in total. The highest BCUT2D eigenvalue weighted by Gasteiger charge is 2.19. The zero-order valence-corrected chi connectivity index (χ0v) is 14.2. The van der Waals surface area contributed by atoms with Gasteiger partial charge in [-0.3, -0.25) is 14.4 Å². The largest absolute Gasteiger partial charge is 0.368 e. The quantitative estimate of drug-likeness (QED) is 0.747. The Kier molecular flexibility index (Phi) is 5.89. The number of carbonyl (C=O) groups excluding carboxylic acids is 3. The van der Waals surface area contributed by atoms with Crippen LogP contribution in [-0.4, -0.2) is 23.8 Å². The van der Waals surface area contributed by atoms with Crippen LogP contribution in [0, 0.1) is 6.92 Å². The van der Waals surface area contributed by atoms with Gasteiger partial charge in [-0.25, -0.2) is 0 Å². The van der Waals surface area contributed by atoms with Gasteiger partial charge in [0.05, 0.1) is 0 Å².